The lowest BCUT2D eigenvalue weighted by Crippen LogP contribution is -1.87. The van der Waals surface area contributed by atoms with Gasteiger partial charge in [0.05, 0.1) is 16.5 Å². The first-order chi connectivity index (χ1) is 7.70. The highest BCUT2D eigenvalue weighted by Gasteiger charge is 2.07. The van der Waals surface area contributed by atoms with Crippen LogP contribution in [0.5, 0.6) is 0 Å². The van der Waals surface area contributed by atoms with Crippen molar-refractivity contribution in [1.29, 1.82) is 0 Å². The molecule has 0 aliphatic carbocycles. The predicted molar refractivity (Wildman–Crippen MR) is 63.8 cm³/mol. The summed E-state index contributed by atoms with van der Waals surface area (Å²) in [7, 11) is 0. The molecule has 0 aliphatic rings. The zero-order valence-electron chi connectivity index (χ0n) is 8.09. The molecule has 0 saturated carbocycles. The van der Waals surface area contributed by atoms with E-state index in [2.05, 4.69) is 4.98 Å². The molecule has 0 aliphatic heterocycles. The van der Waals surface area contributed by atoms with Crippen LogP contribution < -0.4 is 0 Å². The van der Waals surface area contributed by atoms with Gasteiger partial charge in [0, 0.05) is 23.1 Å². The lowest BCUT2D eigenvalue weighted by Gasteiger charge is -1.95. The molecule has 0 unspecified atom stereocenters. The summed E-state index contributed by atoms with van der Waals surface area (Å²) in [5.74, 6) is 0.387. The standard InChI is InChI=1S/C10H7ClN2O2S/c11-5-10-12-9(6-16-10)7-1-3-8(4-2-7)13(14)15/h1-4,6H,5H2. The molecule has 0 radical (unpaired) electrons. The van der Waals surface area contributed by atoms with E-state index < -0.39 is 4.92 Å². The van der Waals surface area contributed by atoms with Gasteiger partial charge in [-0.05, 0) is 12.1 Å². The van der Waals surface area contributed by atoms with Crippen LogP contribution in [-0.2, 0) is 5.88 Å². The molecule has 0 amide bonds. The highest BCUT2D eigenvalue weighted by molar-refractivity contribution is 7.10. The second kappa shape index (κ2) is 4.59. The summed E-state index contributed by atoms with van der Waals surface area (Å²) in [5.41, 5.74) is 1.74. The van der Waals surface area contributed by atoms with E-state index in [1.54, 1.807) is 12.1 Å². The van der Waals surface area contributed by atoms with Crippen LogP contribution in [0.2, 0.25) is 0 Å². The van der Waals surface area contributed by atoms with E-state index in [1.807, 2.05) is 5.38 Å². The number of nitro benzene ring substituents is 1. The van der Waals surface area contributed by atoms with Crippen molar-refractivity contribution in [2.75, 3.05) is 0 Å². The zero-order valence-corrected chi connectivity index (χ0v) is 9.66. The second-order valence-electron chi connectivity index (χ2n) is 3.06. The fraction of sp³-hybridized carbons (Fsp3) is 0.100. The Labute approximate surface area is 101 Å². The van der Waals surface area contributed by atoms with E-state index in [9.17, 15) is 10.1 Å². The van der Waals surface area contributed by atoms with E-state index >= 15 is 0 Å². The van der Waals surface area contributed by atoms with Crippen LogP contribution in [0.4, 0.5) is 5.69 Å². The zero-order chi connectivity index (χ0) is 11.5. The Morgan fingerprint density at radius 3 is 2.56 bits per heavy atom. The number of aromatic nitrogens is 1. The first-order valence-electron chi connectivity index (χ1n) is 4.46. The molecule has 1 heterocycles. The van der Waals surface area contributed by atoms with Crippen LogP contribution in [0.25, 0.3) is 11.3 Å². The van der Waals surface area contributed by atoms with Crippen molar-refractivity contribution in [2.24, 2.45) is 0 Å². The van der Waals surface area contributed by atoms with Gasteiger partial charge in [-0.25, -0.2) is 4.98 Å². The quantitative estimate of drug-likeness (QED) is 0.479. The molecule has 4 nitrogen and oxygen atoms in total. The van der Waals surface area contributed by atoms with Gasteiger partial charge in [0.25, 0.3) is 5.69 Å². The first-order valence-corrected chi connectivity index (χ1v) is 5.87. The Kier molecular flexibility index (Phi) is 3.17. The number of rotatable bonds is 3. The highest BCUT2D eigenvalue weighted by atomic mass is 35.5. The monoisotopic (exact) mass is 254 g/mol. The maximum absolute atomic E-state index is 10.5. The molecule has 1 aromatic heterocycles. The summed E-state index contributed by atoms with van der Waals surface area (Å²) in [4.78, 5) is 14.3. The van der Waals surface area contributed by atoms with Gasteiger partial charge in [-0.2, -0.15) is 0 Å². The highest BCUT2D eigenvalue weighted by Crippen LogP contribution is 2.24. The average molecular weight is 255 g/mol. The Morgan fingerprint density at radius 2 is 2.06 bits per heavy atom. The van der Waals surface area contributed by atoms with E-state index in [0.29, 0.717) is 5.88 Å². The molecule has 1 aromatic carbocycles. The van der Waals surface area contributed by atoms with Crippen molar-refractivity contribution in [1.82, 2.24) is 4.98 Å². The molecular weight excluding hydrogens is 248 g/mol. The van der Waals surface area contributed by atoms with E-state index in [0.717, 1.165) is 16.3 Å². The minimum Gasteiger partial charge on any atom is -0.258 e. The fourth-order valence-corrected chi connectivity index (χ4v) is 2.16. The Hall–Kier alpha value is -1.46. The molecule has 2 aromatic rings. The third-order valence-corrected chi connectivity index (χ3v) is 3.30. The molecular formula is C10H7ClN2O2S. The molecule has 0 saturated heterocycles. The average Bonchev–Trinajstić information content (AvgIpc) is 2.77. The second-order valence-corrected chi connectivity index (χ2v) is 4.27. The van der Waals surface area contributed by atoms with Crippen molar-refractivity contribution in [3.8, 4) is 11.3 Å². The van der Waals surface area contributed by atoms with Crippen LogP contribution in [0.1, 0.15) is 5.01 Å². The van der Waals surface area contributed by atoms with Crippen LogP contribution in [0.3, 0.4) is 0 Å². The number of halogens is 1. The largest absolute Gasteiger partial charge is 0.269 e. The maximum atomic E-state index is 10.5. The van der Waals surface area contributed by atoms with Gasteiger partial charge in [0.1, 0.15) is 5.01 Å². The number of nitro groups is 1. The minimum absolute atomic E-state index is 0.0801. The summed E-state index contributed by atoms with van der Waals surface area (Å²) in [5, 5.41) is 13.2. The summed E-state index contributed by atoms with van der Waals surface area (Å²) in [6.07, 6.45) is 0. The normalized spacial score (nSPS) is 10.3. The number of benzene rings is 1. The third-order valence-electron chi connectivity index (χ3n) is 2.04. The van der Waals surface area contributed by atoms with Gasteiger partial charge < -0.3 is 0 Å². The fourth-order valence-electron chi connectivity index (χ4n) is 1.26. The number of hydrogen-bond donors (Lipinski definition) is 0. The molecule has 0 spiro atoms. The lowest BCUT2D eigenvalue weighted by atomic mass is 10.1. The van der Waals surface area contributed by atoms with Crippen molar-refractivity contribution in [3.05, 3.63) is 44.8 Å². The van der Waals surface area contributed by atoms with Crippen molar-refractivity contribution < 1.29 is 4.92 Å². The van der Waals surface area contributed by atoms with Gasteiger partial charge >= 0.3 is 0 Å². The number of alkyl halides is 1. The Bertz CT molecular complexity index is 510. The van der Waals surface area contributed by atoms with Gasteiger partial charge in [-0.3, -0.25) is 10.1 Å². The van der Waals surface area contributed by atoms with Gasteiger partial charge in [0.2, 0.25) is 0 Å². The molecule has 0 fully saturated rings. The van der Waals surface area contributed by atoms with Gasteiger partial charge in [-0.1, -0.05) is 0 Å². The number of hydrogen-bond acceptors (Lipinski definition) is 4. The predicted octanol–water partition coefficient (Wildman–Crippen LogP) is 3.46. The van der Waals surface area contributed by atoms with Gasteiger partial charge in [0.15, 0.2) is 0 Å². The third kappa shape index (κ3) is 2.20. The van der Waals surface area contributed by atoms with Crippen LogP contribution >= 0.6 is 22.9 Å². The topological polar surface area (TPSA) is 56.0 Å². The Morgan fingerprint density at radius 1 is 1.38 bits per heavy atom. The molecule has 0 N–H and O–H groups in total. The maximum Gasteiger partial charge on any atom is 0.269 e. The molecule has 6 heteroatoms. The molecule has 82 valence electrons. The van der Waals surface area contributed by atoms with E-state index in [4.69, 9.17) is 11.6 Å². The van der Waals surface area contributed by atoms with E-state index in [-0.39, 0.29) is 5.69 Å². The molecule has 0 bridgehead atoms. The summed E-state index contributed by atoms with van der Waals surface area (Å²) >= 11 is 7.13. The van der Waals surface area contributed by atoms with Crippen LogP contribution in [0.15, 0.2) is 29.6 Å². The minimum atomic E-state index is -0.422. The van der Waals surface area contributed by atoms with Gasteiger partial charge in [-0.15, -0.1) is 22.9 Å². The van der Waals surface area contributed by atoms with Crippen molar-refractivity contribution in [2.45, 2.75) is 5.88 Å². The van der Waals surface area contributed by atoms with Crippen molar-refractivity contribution in [3.63, 3.8) is 0 Å². The SMILES string of the molecule is O=[N+]([O-])c1ccc(-c2csc(CCl)n2)cc1. The number of nitrogens with zero attached hydrogens (tertiary/aromatic N) is 2. The Balaban J connectivity index is 2.30. The van der Waals surface area contributed by atoms with Crippen LogP contribution in [-0.4, -0.2) is 9.91 Å². The van der Waals surface area contributed by atoms with Crippen LogP contribution in [0, 0.1) is 10.1 Å². The van der Waals surface area contributed by atoms with Crippen molar-refractivity contribution >= 4 is 28.6 Å². The smallest absolute Gasteiger partial charge is 0.258 e. The molecule has 16 heavy (non-hydrogen) atoms. The number of non-ortho nitro benzene ring substituents is 1. The summed E-state index contributed by atoms with van der Waals surface area (Å²) in [6, 6.07) is 6.31. The molecule has 0 atom stereocenters. The van der Waals surface area contributed by atoms with E-state index in [1.165, 1.54) is 23.5 Å². The molecule has 2 rings (SSSR count). The first kappa shape index (κ1) is 11.0. The summed E-state index contributed by atoms with van der Waals surface area (Å²) in [6.45, 7) is 0. The summed E-state index contributed by atoms with van der Waals surface area (Å²) < 4.78 is 0. The number of thiazole rings is 1. The lowest BCUT2D eigenvalue weighted by molar-refractivity contribution is -0.384.